The molecule has 0 fully saturated rings. The van der Waals surface area contributed by atoms with Crippen LogP contribution in [0.25, 0.3) is 0 Å². The first-order valence-corrected chi connectivity index (χ1v) is 6.52. The van der Waals surface area contributed by atoms with Gasteiger partial charge >= 0.3 is 0 Å². The normalized spacial score (nSPS) is 9.95. The first-order valence-electron chi connectivity index (χ1n) is 6.52. The minimum atomic E-state index is -0.421. The van der Waals surface area contributed by atoms with Crippen LogP contribution in [0.3, 0.4) is 0 Å². The first kappa shape index (κ1) is 15.6. The maximum atomic E-state index is 13.0. The van der Waals surface area contributed by atoms with Crippen LogP contribution in [-0.2, 0) is 4.79 Å². The van der Waals surface area contributed by atoms with E-state index in [-0.39, 0.29) is 12.5 Å². The lowest BCUT2D eigenvalue weighted by Crippen LogP contribution is -2.20. The van der Waals surface area contributed by atoms with E-state index in [1.807, 2.05) is 0 Å². The number of carbonyl (C=O) groups excluding carboxylic acids is 1. The number of hydrogen-bond acceptors (Lipinski definition) is 4. The second-order valence-electron chi connectivity index (χ2n) is 4.40. The van der Waals surface area contributed by atoms with Crippen LogP contribution in [0.2, 0.25) is 0 Å². The highest BCUT2D eigenvalue weighted by Gasteiger charge is 2.07. The molecule has 5 nitrogen and oxygen atoms in total. The molecule has 2 aromatic carbocycles. The number of rotatable bonds is 6. The van der Waals surface area contributed by atoms with Gasteiger partial charge in [0.25, 0.3) is 5.91 Å². The highest BCUT2D eigenvalue weighted by atomic mass is 19.1. The molecule has 0 heterocycles. The molecule has 6 heteroatoms. The molecule has 0 saturated carbocycles. The predicted octanol–water partition coefficient (Wildman–Crippen LogP) is 2.86. The molecule has 2 rings (SSSR count). The van der Waals surface area contributed by atoms with Gasteiger partial charge in [0, 0.05) is 30.0 Å². The van der Waals surface area contributed by atoms with E-state index in [9.17, 15) is 9.18 Å². The van der Waals surface area contributed by atoms with E-state index in [1.54, 1.807) is 24.3 Å². The van der Waals surface area contributed by atoms with E-state index in [4.69, 9.17) is 14.2 Å². The summed E-state index contributed by atoms with van der Waals surface area (Å²) >= 11 is 0. The number of methoxy groups -OCH3 is 2. The molecule has 1 amide bonds. The largest absolute Gasteiger partial charge is 0.497 e. The summed E-state index contributed by atoms with van der Waals surface area (Å²) in [5.74, 6) is 0.606. The third kappa shape index (κ3) is 4.37. The summed E-state index contributed by atoms with van der Waals surface area (Å²) in [6.07, 6.45) is 0. The van der Waals surface area contributed by atoms with E-state index in [0.29, 0.717) is 22.9 Å². The monoisotopic (exact) mass is 305 g/mol. The van der Waals surface area contributed by atoms with Crippen molar-refractivity contribution in [1.82, 2.24) is 0 Å². The van der Waals surface area contributed by atoms with Crippen molar-refractivity contribution in [3.8, 4) is 17.2 Å². The van der Waals surface area contributed by atoms with Gasteiger partial charge in [-0.2, -0.15) is 0 Å². The smallest absolute Gasteiger partial charge is 0.262 e. The Morgan fingerprint density at radius 3 is 2.32 bits per heavy atom. The molecule has 0 aromatic heterocycles. The van der Waals surface area contributed by atoms with E-state index < -0.39 is 5.82 Å². The highest BCUT2D eigenvalue weighted by molar-refractivity contribution is 5.92. The molecule has 0 aliphatic carbocycles. The van der Waals surface area contributed by atoms with Crippen molar-refractivity contribution in [2.75, 3.05) is 26.1 Å². The molecule has 0 atom stereocenters. The van der Waals surface area contributed by atoms with Crippen molar-refractivity contribution in [3.63, 3.8) is 0 Å². The number of hydrogen-bond donors (Lipinski definition) is 1. The maximum Gasteiger partial charge on any atom is 0.262 e. The van der Waals surface area contributed by atoms with Gasteiger partial charge in [0.15, 0.2) is 6.61 Å². The Labute approximate surface area is 127 Å². The van der Waals surface area contributed by atoms with Crippen LogP contribution in [0.5, 0.6) is 17.2 Å². The van der Waals surface area contributed by atoms with Crippen LogP contribution >= 0.6 is 0 Å². The molecule has 116 valence electrons. The van der Waals surface area contributed by atoms with Crippen LogP contribution in [0.15, 0.2) is 42.5 Å². The van der Waals surface area contributed by atoms with Gasteiger partial charge in [0.05, 0.1) is 14.2 Å². The number of anilines is 1. The lowest BCUT2D eigenvalue weighted by atomic mass is 10.2. The Morgan fingerprint density at radius 1 is 1.05 bits per heavy atom. The fraction of sp³-hybridized carbons (Fsp3) is 0.188. The zero-order valence-corrected chi connectivity index (χ0v) is 12.3. The zero-order valence-electron chi connectivity index (χ0n) is 12.3. The first-order chi connectivity index (χ1) is 10.6. The average Bonchev–Trinajstić information content (AvgIpc) is 2.52. The SMILES string of the molecule is COc1cc(NC(=O)COc2cccc(F)c2)cc(OC)c1. The molecule has 0 unspecified atom stereocenters. The van der Waals surface area contributed by atoms with Crippen molar-refractivity contribution in [3.05, 3.63) is 48.3 Å². The van der Waals surface area contributed by atoms with Gasteiger partial charge < -0.3 is 19.5 Å². The van der Waals surface area contributed by atoms with E-state index in [1.165, 1.54) is 32.4 Å². The number of benzene rings is 2. The van der Waals surface area contributed by atoms with E-state index >= 15 is 0 Å². The van der Waals surface area contributed by atoms with Gasteiger partial charge in [-0.3, -0.25) is 4.79 Å². The molecule has 0 radical (unpaired) electrons. The Kier molecular flexibility index (Phi) is 5.19. The minimum absolute atomic E-state index is 0.233. The Balaban J connectivity index is 1.97. The van der Waals surface area contributed by atoms with Gasteiger partial charge in [-0.05, 0) is 12.1 Å². The average molecular weight is 305 g/mol. The minimum Gasteiger partial charge on any atom is -0.497 e. The topological polar surface area (TPSA) is 56.8 Å². The summed E-state index contributed by atoms with van der Waals surface area (Å²) in [6.45, 7) is -0.233. The lowest BCUT2D eigenvalue weighted by Gasteiger charge is -2.10. The van der Waals surface area contributed by atoms with Gasteiger partial charge in [-0.1, -0.05) is 6.07 Å². The number of amides is 1. The van der Waals surface area contributed by atoms with Crippen LogP contribution in [-0.4, -0.2) is 26.7 Å². The molecule has 0 saturated heterocycles. The third-order valence-electron chi connectivity index (χ3n) is 2.80. The number of carbonyl (C=O) groups is 1. The summed E-state index contributed by atoms with van der Waals surface area (Å²) in [7, 11) is 3.04. The highest BCUT2D eigenvalue weighted by Crippen LogP contribution is 2.25. The molecule has 0 aliphatic heterocycles. The van der Waals surface area contributed by atoms with Crippen LogP contribution < -0.4 is 19.5 Å². The second kappa shape index (κ2) is 7.31. The van der Waals surface area contributed by atoms with Crippen molar-refractivity contribution < 1.29 is 23.4 Å². The molecular formula is C16H16FNO4. The van der Waals surface area contributed by atoms with Crippen molar-refractivity contribution in [2.24, 2.45) is 0 Å². The predicted molar refractivity (Wildman–Crippen MR) is 80.1 cm³/mol. The zero-order chi connectivity index (χ0) is 15.9. The van der Waals surface area contributed by atoms with Crippen LogP contribution in [0.4, 0.5) is 10.1 Å². The van der Waals surface area contributed by atoms with Crippen molar-refractivity contribution >= 4 is 11.6 Å². The van der Waals surface area contributed by atoms with Gasteiger partial charge in [-0.25, -0.2) is 4.39 Å². The van der Waals surface area contributed by atoms with E-state index in [2.05, 4.69) is 5.32 Å². The summed E-state index contributed by atoms with van der Waals surface area (Å²) < 4.78 is 28.5. The molecule has 0 aliphatic rings. The van der Waals surface area contributed by atoms with Gasteiger partial charge in [-0.15, -0.1) is 0 Å². The number of ether oxygens (including phenoxy) is 3. The maximum absolute atomic E-state index is 13.0. The van der Waals surface area contributed by atoms with Gasteiger partial charge in [0.1, 0.15) is 23.1 Å². The molecule has 0 bridgehead atoms. The Morgan fingerprint density at radius 2 is 1.73 bits per heavy atom. The molecule has 1 N–H and O–H groups in total. The van der Waals surface area contributed by atoms with Gasteiger partial charge in [0.2, 0.25) is 0 Å². The third-order valence-corrected chi connectivity index (χ3v) is 2.80. The Hall–Kier alpha value is -2.76. The van der Waals surface area contributed by atoms with E-state index in [0.717, 1.165) is 0 Å². The fourth-order valence-corrected chi connectivity index (χ4v) is 1.78. The molecule has 2 aromatic rings. The summed E-state index contributed by atoms with van der Waals surface area (Å²) in [5.41, 5.74) is 0.518. The Bertz CT molecular complexity index is 638. The summed E-state index contributed by atoms with van der Waals surface area (Å²) in [4.78, 5) is 11.9. The standard InChI is InChI=1S/C16H16FNO4/c1-20-14-7-12(8-15(9-14)21-2)18-16(19)10-22-13-5-3-4-11(17)6-13/h3-9H,10H2,1-2H3,(H,18,19). The lowest BCUT2D eigenvalue weighted by molar-refractivity contribution is -0.118. The second-order valence-corrected chi connectivity index (χ2v) is 4.40. The van der Waals surface area contributed by atoms with Crippen LogP contribution in [0.1, 0.15) is 0 Å². The summed E-state index contributed by atoms with van der Waals surface area (Å²) in [5, 5.41) is 2.66. The quantitative estimate of drug-likeness (QED) is 0.891. The van der Waals surface area contributed by atoms with Crippen molar-refractivity contribution in [1.29, 1.82) is 0 Å². The molecular weight excluding hydrogens is 289 g/mol. The summed E-state index contributed by atoms with van der Waals surface area (Å²) in [6, 6.07) is 10.6. The number of nitrogens with one attached hydrogen (secondary N) is 1. The van der Waals surface area contributed by atoms with Crippen molar-refractivity contribution in [2.45, 2.75) is 0 Å². The molecule has 22 heavy (non-hydrogen) atoms. The molecule has 0 spiro atoms. The van der Waals surface area contributed by atoms with Crippen LogP contribution in [0, 0.1) is 5.82 Å². The number of halogens is 1. The fourth-order valence-electron chi connectivity index (χ4n) is 1.78.